The largest absolute Gasteiger partial charge is 0.481 e. The van der Waals surface area contributed by atoms with Crippen molar-refractivity contribution >= 4 is 17.9 Å². The number of urea groups is 1. The van der Waals surface area contributed by atoms with Gasteiger partial charge in [-0.2, -0.15) is 0 Å². The van der Waals surface area contributed by atoms with Gasteiger partial charge in [0.2, 0.25) is 5.91 Å². The summed E-state index contributed by atoms with van der Waals surface area (Å²) in [4.78, 5) is 35.2. The van der Waals surface area contributed by atoms with Crippen LogP contribution in [0.2, 0.25) is 0 Å². The maximum absolute atomic E-state index is 12.4. The van der Waals surface area contributed by atoms with E-state index in [1.165, 1.54) is 38.5 Å². The van der Waals surface area contributed by atoms with E-state index in [2.05, 4.69) is 16.0 Å². The van der Waals surface area contributed by atoms with Gasteiger partial charge < -0.3 is 21.1 Å². The van der Waals surface area contributed by atoms with Crippen molar-refractivity contribution in [2.75, 3.05) is 13.1 Å². The first-order valence-electron chi connectivity index (χ1n) is 12.2. The normalized spacial score (nSPS) is 28.9. The number of carbonyl (C=O) groups is 3. The monoisotopic (exact) mass is 435 g/mol. The molecule has 0 saturated heterocycles. The summed E-state index contributed by atoms with van der Waals surface area (Å²) < 4.78 is 0. The van der Waals surface area contributed by atoms with Crippen molar-refractivity contribution in [2.45, 2.75) is 96.4 Å². The molecule has 4 aliphatic rings. The van der Waals surface area contributed by atoms with Crippen LogP contribution < -0.4 is 16.0 Å². The number of aliphatic carboxylic acids is 1. The predicted molar refractivity (Wildman–Crippen MR) is 120 cm³/mol. The molecule has 7 nitrogen and oxygen atoms in total. The molecular weight excluding hydrogens is 394 g/mol. The summed E-state index contributed by atoms with van der Waals surface area (Å²) >= 11 is 0. The lowest BCUT2D eigenvalue weighted by atomic mass is 9.53. The highest BCUT2D eigenvalue weighted by Crippen LogP contribution is 2.55. The lowest BCUT2D eigenvalue weighted by Crippen LogP contribution is -2.61. The molecule has 7 heteroatoms. The van der Waals surface area contributed by atoms with E-state index in [0.717, 1.165) is 43.4 Å². The number of hydrogen-bond acceptors (Lipinski definition) is 3. The Kier molecular flexibility index (Phi) is 7.87. The second-order valence-electron chi connectivity index (χ2n) is 11.3. The van der Waals surface area contributed by atoms with Gasteiger partial charge in [-0.05, 0) is 74.5 Å². The van der Waals surface area contributed by atoms with Gasteiger partial charge in [-0.15, -0.1) is 0 Å². The van der Waals surface area contributed by atoms with E-state index in [1.807, 2.05) is 0 Å². The molecule has 4 bridgehead atoms. The van der Waals surface area contributed by atoms with Crippen LogP contribution in [-0.2, 0) is 9.59 Å². The molecule has 0 aliphatic heterocycles. The van der Waals surface area contributed by atoms with Gasteiger partial charge in [-0.3, -0.25) is 9.59 Å². The molecule has 0 aromatic rings. The van der Waals surface area contributed by atoms with E-state index < -0.39 is 11.4 Å². The van der Waals surface area contributed by atoms with E-state index in [-0.39, 0.29) is 30.3 Å². The molecule has 4 N–H and O–H groups in total. The molecule has 3 amide bonds. The van der Waals surface area contributed by atoms with Gasteiger partial charge in [-0.25, -0.2) is 4.79 Å². The zero-order chi connectivity index (χ0) is 22.5. The maximum Gasteiger partial charge on any atom is 0.315 e. The molecule has 0 unspecified atom stereocenters. The molecule has 0 heterocycles. The Bertz CT molecular complexity index is 626. The smallest absolute Gasteiger partial charge is 0.315 e. The number of nitrogens with one attached hydrogen (secondary N) is 3. The molecule has 0 spiro atoms. The number of carboxylic acids is 1. The highest BCUT2D eigenvalue weighted by Gasteiger charge is 2.51. The quantitative estimate of drug-likeness (QED) is 0.350. The van der Waals surface area contributed by atoms with Crippen LogP contribution in [0.15, 0.2) is 0 Å². The van der Waals surface area contributed by atoms with Crippen LogP contribution in [0.1, 0.15) is 90.9 Å². The van der Waals surface area contributed by atoms with Gasteiger partial charge in [-0.1, -0.05) is 26.7 Å². The van der Waals surface area contributed by atoms with Crippen LogP contribution in [0.4, 0.5) is 4.79 Å². The summed E-state index contributed by atoms with van der Waals surface area (Å²) in [6.07, 6.45) is 11.7. The van der Waals surface area contributed by atoms with Crippen LogP contribution >= 0.6 is 0 Å². The van der Waals surface area contributed by atoms with E-state index in [9.17, 15) is 14.4 Å². The minimum absolute atomic E-state index is 0.00168. The van der Waals surface area contributed by atoms with Crippen LogP contribution in [0.3, 0.4) is 0 Å². The average Bonchev–Trinajstić information content (AvgIpc) is 2.60. The molecule has 31 heavy (non-hydrogen) atoms. The van der Waals surface area contributed by atoms with E-state index >= 15 is 0 Å². The number of rotatable bonds is 12. The summed E-state index contributed by atoms with van der Waals surface area (Å²) in [6.45, 7) is 4.90. The molecular formula is C24H41N3O4. The second-order valence-corrected chi connectivity index (χ2v) is 11.3. The third-order valence-electron chi connectivity index (χ3n) is 7.40. The number of amides is 3. The second kappa shape index (κ2) is 10.2. The third kappa shape index (κ3) is 7.39. The Balaban J connectivity index is 1.20. The first kappa shape index (κ1) is 23.9. The van der Waals surface area contributed by atoms with Crippen molar-refractivity contribution in [3.05, 3.63) is 0 Å². The van der Waals surface area contributed by atoms with Crippen molar-refractivity contribution in [1.29, 1.82) is 0 Å². The highest BCUT2D eigenvalue weighted by molar-refractivity contribution is 5.77. The van der Waals surface area contributed by atoms with E-state index in [0.29, 0.717) is 13.1 Å². The van der Waals surface area contributed by atoms with Gasteiger partial charge in [0, 0.05) is 25.0 Å². The molecule has 4 rings (SSSR count). The Labute approximate surface area is 186 Å². The minimum Gasteiger partial charge on any atom is -0.481 e. The summed E-state index contributed by atoms with van der Waals surface area (Å²) in [7, 11) is 0. The van der Waals surface area contributed by atoms with Gasteiger partial charge >= 0.3 is 12.0 Å². The van der Waals surface area contributed by atoms with Crippen LogP contribution in [-0.4, -0.2) is 41.6 Å². The predicted octanol–water partition coefficient (Wildman–Crippen LogP) is 3.82. The molecule has 0 atom stereocenters. The Hall–Kier alpha value is -1.79. The third-order valence-corrected chi connectivity index (χ3v) is 7.40. The summed E-state index contributed by atoms with van der Waals surface area (Å²) in [6, 6.07) is -0.00168. The Morgan fingerprint density at radius 2 is 1.35 bits per heavy atom. The minimum atomic E-state index is -0.877. The molecule has 4 aliphatic carbocycles. The molecule has 0 aromatic heterocycles. The molecule has 4 fully saturated rings. The first-order chi connectivity index (χ1) is 14.6. The van der Waals surface area contributed by atoms with Crippen LogP contribution in [0.25, 0.3) is 0 Å². The lowest BCUT2D eigenvalue weighted by molar-refractivity contribution is -0.139. The van der Waals surface area contributed by atoms with Crippen molar-refractivity contribution < 1.29 is 19.5 Å². The summed E-state index contributed by atoms with van der Waals surface area (Å²) in [5, 5.41) is 18.2. The number of hydrogen-bond donors (Lipinski definition) is 4. The Morgan fingerprint density at radius 1 is 0.839 bits per heavy atom. The number of carbonyl (C=O) groups excluding carboxylic acids is 2. The van der Waals surface area contributed by atoms with Gasteiger partial charge in [0.25, 0.3) is 0 Å². The van der Waals surface area contributed by atoms with Crippen molar-refractivity contribution in [3.63, 3.8) is 0 Å². The zero-order valence-corrected chi connectivity index (χ0v) is 19.3. The SMILES string of the molecule is CC(C)(CC(=O)O)CC(=O)NCCCCCCNC(=O)NC12CC3CC(CC(C3)C1)C2. The van der Waals surface area contributed by atoms with Crippen molar-refractivity contribution in [2.24, 2.45) is 23.2 Å². The molecule has 176 valence electrons. The lowest BCUT2D eigenvalue weighted by Gasteiger charge is -2.56. The van der Waals surface area contributed by atoms with Crippen molar-refractivity contribution in [3.8, 4) is 0 Å². The summed E-state index contributed by atoms with van der Waals surface area (Å²) in [5.41, 5.74) is -0.464. The fourth-order valence-corrected chi connectivity index (χ4v) is 6.55. The molecule has 0 radical (unpaired) electrons. The fraction of sp³-hybridized carbons (Fsp3) is 0.875. The van der Waals surface area contributed by atoms with Gasteiger partial charge in [0.1, 0.15) is 0 Å². The Morgan fingerprint density at radius 3 is 1.87 bits per heavy atom. The van der Waals surface area contributed by atoms with Gasteiger partial charge in [0.15, 0.2) is 0 Å². The van der Waals surface area contributed by atoms with Crippen LogP contribution in [0.5, 0.6) is 0 Å². The van der Waals surface area contributed by atoms with Crippen molar-refractivity contribution in [1.82, 2.24) is 16.0 Å². The van der Waals surface area contributed by atoms with E-state index in [1.54, 1.807) is 13.8 Å². The molecule has 0 aromatic carbocycles. The van der Waals surface area contributed by atoms with Crippen LogP contribution in [0, 0.1) is 23.2 Å². The van der Waals surface area contributed by atoms with Gasteiger partial charge in [0.05, 0.1) is 6.42 Å². The maximum atomic E-state index is 12.4. The highest BCUT2D eigenvalue weighted by atomic mass is 16.4. The topological polar surface area (TPSA) is 108 Å². The molecule has 4 saturated carbocycles. The number of unbranched alkanes of at least 4 members (excludes halogenated alkanes) is 3. The van der Waals surface area contributed by atoms with E-state index in [4.69, 9.17) is 5.11 Å². The number of carboxylic acid groups (broad SMARTS) is 1. The summed E-state index contributed by atoms with van der Waals surface area (Å²) in [5.74, 6) is 1.52. The standard InChI is InChI=1S/C24H41N3O4/c1-23(2,16-21(29)30)15-20(28)25-7-5-3-4-6-8-26-22(31)27-24-12-17-9-18(13-24)11-19(10-17)14-24/h17-19H,3-16H2,1-2H3,(H,25,28)(H,29,30)(H2,26,27,31). The average molecular weight is 436 g/mol. The first-order valence-corrected chi connectivity index (χ1v) is 12.2. The fourth-order valence-electron chi connectivity index (χ4n) is 6.55. The zero-order valence-electron chi connectivity index (χ0n) is 19.3.